The van der Waals surface area contributed by atoms with Crippen LogP contribution in [0.2, 0.25) is 0 Å². The highest BCUT2D eigenvalue weighted by Crippen LogP contribution is 2.36. The number of hydrogen-bond acceptors (Lipinski definition) is 3. The number of H-pyrrole nitrogens is 1. The van der Waals surface area contributed by atoms with Gasteiger partial charge in [0.15, 0.2) is 5.78 Å². The zero-order valence-corrected chi connectivity index (χ0v) is 12.1. The maximum absolute atomic E-state index is 12.2. The van der Waals surface area contributed by atoms with Crippen molar-refractivity contribution >= 4 is 11.8 Å². The minimum atomic E-state index is -0.362. The molecule has 0 radical (unpaired) electrons. The van der Waals surface area contributed by atoms with Crippen molar-refractivity contribution < 1.29 is 14.3 Å². The fourth-order valence-corrected chi connectivity index (χ4v) is 2.70. The molecule has 0 saturated carbocycles. The first-order chi connectivity index (χ1) is 8.85. The van der Waals surface area contributed by atoms with Crippen molar-refractivity contribution in [2.75, 3.05) is 6.61 Å². The molecule has 0 fully saturated rings. The monoisotopic (exact) mass is 263 g/mol. The van der Waals surface area contributed by atoms with Gasteiger partial charge in [0, 0.05) is 17.7 Å². The molecule has 4 heteroatoms. The Morgan fingerprint density at radius 2 is 2.05 bits per heavy atom. The molecule has 104 valence electrons. The number of carbonyl (C=O) groups excluding carboxylic acids is 2. The molecule has 1 aliphatic carbocycles. The third-order valence-corrected chi connectivity index (χ3v) is 3.54. The molecular formula is C15H21NO3. The molecule has 1 aromatic rings. The lowest BCUT2D eigenvalue weighted by Gasteiger charge is -2.28. The Labute approximate surface area is 113 Å². The van der Waals surface area contributed by atoms with Gasteiger partial charge in [0.05, 0.1) is 6.61 Å². The Morgan fingerprint density at radius 1 is 1.37 bits per heavy atom. The first-order valence-corrected chi connectivity index (χ1v) is 6.77. The Balaban J connectivity index is 2.36. The van der Waals surface area contributed by atoms with Crippen molar-refractivity contribution in [1.29, 1.82) is 0 Å². The normalized spacial score (nSPS) is 17.2. The van der Waals surface area contributed by atoms with E-state index >= 15 is 0 Å². The highest BCUT2D eigenvalue weighted by Gasteiger charge is 2.35. The predicted molar refractivity (Wildman–Crippen MR) is 72.5 cm³/mol. The first kappa shape index (κ1) is 13.8. The summed E-state index contributed by atoms with van der Waals surface area (Å²) in [5.41, 5.74) is 2.69. The summed E-state index contributed by atoms with van der Waals surface area (Å²) in [6, 6.07) is 0. The summed E-state index contributed by atoms with van der Waals surface area (Å²) in [7, 11) is 0. The third-order valence-electron chi connectivity index (χ3n) is 3.54. The van der Waals surface area contributed by atoms with E-state index < -0.39 is 0 Å². The molecule has 2 rings (SSSR count). The Morgan fingerprint density at radius 3 is 2.68 bits per heavy atom. The van der Waals surface area contributed by atoms with Crippen LogP contribution < -0.4 is 0 Å². The molecular weight excluding hydrogens is 242 g/mol. The Bertz CT molecular complexity index is 526. The molecule has 1 aromatic heterocycles. The lowest BCUT2D eigenvalue weighted by Crippen LogP contribution is -2.26. The summed E-state index contributed by atoms with van der Waals surface area (Å²) in [4.78, 5) is 27.2. The van der Waals surface area contributed by atoms with Gasteiger partial charge in [-0.25, -0.2) is 4.79 Å². The van der Waals surface area contributed by atoms with E-state index in [2.05, 4.69) is 18.8 Å². The summed E-state index contributed by atoms with van der Waals surface area (Å²) in [6.07, 6.45) is 2.11. The van der Waals surface area contributed by atoms with Crippen molar-refractivity contribution in [3.63, 3.8) is 0 Å². The zero-order valence-electron chi connectivity index (χ0n) is 12.1. The number of carbonyl (C=O) groups is 2. The maximum Gasteiger partial charge on any atom is 0.355 e. The SMILES string of the molecule is CCCOC(=O)c1[nH]c2c(c1C)C(=O)CC(C)(C)C2. The number of aromatic amines is 1. The quantitative estimate of drug-likeness (QED) is 0.853. The van der Waals surface area contributed by atoms with Gasteiger partial charge in [-0.3, -0.25) is 4.79 Å². The molecule has 1 heterocycles. The minimum Gasteiger partial charge on any atom is -0.461 e. The Kier molecular flexibility index (Phi) is 3.52. The van der Waals surface area contributed by atoms with E-state index in [1.807, 2.05) is 13.8 Å². The molecule has 0 bridgehead atoms. The van der Waals surface area contributed by atoms with Gasteiger partial charge >= 0.3 is 5.97 Å². The van der Waals surface area contributed by atoms with Gasteiger partial charge in [-0.1, -0.05) is 20.8 Å². The summed E-state index contributed by atoms with van der Waals surface area (Å²) < 4.78 is 5.14. The summed E-state index contributed by atoms with van der Waals surface area (Å²) in [5.74, 6) is -0.242. The molecule has 19 heavy (non-hydrogen) atoms. The van der Waals surface area contributed by atoms with Gasteiger partial charge in [-0.15, -0.1) is 0 Å². The highest BCUT2D eigenvalue weighted by atomic mass is 16.5. The average Bonchev–Trinajstić information content (AvgIpc) is 2.61. The molecule has 0 aliphatic heterocycles. The van der Waals surface area contributed by atoms with E-state index in [-0.39, 0.29) is 17.2 Å². The van der Waals surface area contributed by atoms with Crippen molar-refractivity contribution in [3.8, 4) is 0 Å². The summed E-state index contributed by atoms with van der Waals surface area (Å²) >= 11 is 0. The average molecular weight is 263 g/mol. The lowest BCUT2D eigenvalue weighted by molar-refractivity contribution is 0.0497. The molecule has 0 unspecified atom stereocenters. The zero-order chi connectivity index (χ0) is 14.2. The number of ketones is 1. The topological polar surface area (TPSA) is 59.2 Å². The highest BCUT2D eigenvalue weighted by molar-refractivity contribution is 6.03. The van der Waals surface area contributed by atoms with E-state index in [9.17, 15) is 9.59 Å². The largest absolute Gasteiger partial charge is 0.461 e. The van der Waals surface area contributed by atoms with Crippen LogP contribution in [0.1, 0.15) is 65.7 Å². The number of ether oxygens (including phenoxy) is 1. The molecule has 4 nitrogen and oxygen atoms in total. The van der Waals surface area contributed by atoms with Crippen LogP contribution >= 0.6 is 0 Å². The van der Waals surface area contributed by atoms with Crippen LogP contribution in [0.25, 0.3) is 0 Å². The van der Waals surface area contributed by atoms with Crippen molar-refractivity contribution in [3.05, 3.63) is 22.5 Å². The predicted octanol–water partition coefficient (Wildman–Crippen LogP) is 3.05. The second-order valence-corrected chi connectivity index (χ2v) is 6.06. The number of fused-ring (bicyclic) bond motifs is 1. The van der Waals surface area contributed by atoms with E-state index in [4.69, 9.17) is 4.74 Å². The van der Waals surface area contributed by atoms with Crippen LogP contribution in [-0.4, -0.2) is 23.3 Å². The summed E-state index contributed by atoms with van der Waals surface area (Å²) in [6.45, 7) is 8.31. The van der Waals surface area contributed by atoms with Crippen LogP contribution in [-0.2, 0) is 11.2 Å². The van der Waals surface area contributed by atoms with Gasteiger partial charge in [-0.2, -0.15) is 0 Å². The van der Waals surface area contributed by atoms with Crippen LogP contribution in [0.15, 0.2) is 0 Å². The molecule has 1 aliphatic rings. The van der Waals surface area contributed by atoms with Gasteiger partial charge in [0.2, 0.25) is 0 Å². The summed E-state index contributed by atoms with van der Waals surface area (Å²) in [5, 5.41) is 0. The van der Waals surface area contributed by atoms with Crippen LogP contribution in [0.4, 0.5) is 0 Å². The second kappa shape index (κ2) is 4.83. The van der Waals surface area contributed by atoms with Gasteiger partial charge in [0.25, 0.3) is 0 Å². The van der Waals surface area contributed by atoms with Gasteiger partial charge in [-0.05, 0) is 30.7 Å². The fraction of sp³-hybridized carbons (Fsp3) is 0.600. The van der Waals surface area contributed by atoms with E-state index in [0.29, 0.717) is 24.3 Å². The number of Topliss-reactive ketones (excluding diaryl/α,β-unsaturated/α-hetero) is 1. The second-order valence-electron chi connectivity index (χ2n) is 6.06. The lowest BCUT2D eigenvalue weighted by atomic mass is 9.75. The molecule has 0 spiro atoms. The standard InChI is InChI=1S/C15H21NO3/c1-5-6-19-14(18)13-9(2)12-10(16-13)7-15(3,4)8-11(12)17/h16H,5-8H2,1-4H3. The number of esters is 1. The van der Waals surface area contributed by atoms with E-state index in [0.717, 1.165) is 24.1 Å². The fourth-order valence-electron chi connectivity index (χ4n) is 2.70. The van der Waals surface area contributed by atoms with Crippen molar-refractivity contribution in [1.82, 2.24) is 4.98 Å². The Hall–Kier alpha value is -1.58. The van der Waals surface area contributed by atoms with Crippen LogP contribution in [0.3, 0.4) is 0 Å². The van der Waals surface area contributed by atoms with Crippen LogP contribution in [0.5, 0.6) is 0 Å². The maximum atomic E-state index is 12.2. The molecule has 0 atom stereocenters. The van der Waals surface area contributed by atoms with Crippen molar-refractivity contribution in [2.24, 2.45) is 5.41 Å². The van der Waals surface area contributed by atoms with Crippen LogP contribution in [0, 0.1) is 12.3 Å². The molecule has 0 amide bonds. The third kappa shape index (κ3) is 2.57. The molecule has 1 N–H and O–H groups in total. The van der Waals surface area contributed by atoms with Gasteiger partial charge in [0.1, 0.15) is 5.69 Å². The minimum absolute atomic E-state index is 0.0496. The smallest absolute Gasteiger partial charge is 0.355 e. The van der Waals surface area contributed by atoms with E-state index in [1.165, 1.54) is 0 Å². The van der Waals surface area contributed by atoms with Crippen molar-refractivity contribution in [2.45, 2.75) is 47.0 Å². The first-order valence-electron chi connectivity index (χ1n) is 6.77. The number of aromatic nitrogens is 1. The number of rotatable bonds is 3. The number of hydrogen-bond donors (Lipinski definition) is 1. The van der Waals surface area contributed by atoms with E-state index in [1.54, 1.807) is 0 Å². The molecule has 0 saturated heterocycles. The van der Waals surface area contributed by atoms with Gasteiger partial charge < -0.3 is 9.72 Å². The number of nitrogens with one attached hydrogen (secondary N) is 1. The molecule has 0 aromatic carbocycles.